The van der Waals surface area contributed by atoms with Crippen molar-refractivity contribution < 1.29 is 8.42 Å². The second-order valence-corrected chi connectivity index (χ2v) is 8.48. The SMILES string of the molecule is Cc1ccc(S(=O)(=O)N2CC[C@H](Cl)C[C@H]2c2ccccc2)cc1. The fourth-order valence-electron chi connectivity index (χ4n) is 3.01. The molecule has 1 heterocycles. The maximum Gasteiger partial charge on any atom is 0.243 e. The third-order valence-corrected chi connectivity index (χ3v) is 6.62. The van der Waals surface area contributed by atoms with Crippen molar-refractivity contribution in [1.82, 2.24) is 4.31 Å². The van der Waals surface area contributed by atoms with E-state index in [4.69, 9.17) is 11.6 Å². The van der Waals surface area contributed by atoms with Crippen molar-refractivity contribution in [3.63, 3.8) is 0 Å². The van der Waals surface area contributed by atoms with E-state index < -0.39 is 10.0 Å². The summed E-state index contributed by atoms with van der Waals surface area (Å²) in [6.45, 7) is 2.39. The van der Waals surface area contributed by atoms with Crippen molar-refractivity contribution in [3.8, 4) is 0 Å². The summed E-state index contributed by atoms with van der Waals surface area (Å²) in [6.07, 6.45) is 1.31. The van der Waals surface area contributed by atoms with E-state index in [0.717, 1.165) is 11.1 Å². The van der Waals surface area contributed by atoms with Gasteiger partial charge in [-0.2, -0.15) is 4.31 Å². The van der Waals surface area contributed by atoms with Crippen LogP contribution in [0.15, 0.2) is 59.5 Å². The van der Waals surface area contributed by atoms with Crippen LogP contribution >= 0.6 is 11.6 Å². The van der Waals surface area contributed by atoms with E-state index in [1.54, 1.807) is 16.4 Å². The Kier molecular flexibility index (Phi) is 4.76. The van der Waals surface area contributed by atoms with E-state index in [0.29, 0.717) is 24.3 Å². The van der Waals surface area contributed by atoms with Gasteiger partial charge in [-0.25, -0.2) is 8.42 Å². The highest BCUT2D eigenvalue weighted by Crippen LogP contribution is 2.37. The van der Waals surface area contributed by atoms with Crippen LogP contribution in [-0.2, 0) is 10.0 Å². The molecule has 1 aliphatic heterocycles. The van der Waals surface area contributed by atoms with Gasteiger partial charge in [-0.3, -0.25) is 0 Å². The molecule has 2 atom stereocenters. The van der Waals surface area contributed by atoms with Gasteiger partial charge in [0.15, 0.2) is 0 Å². The quantitative estimate of drug-likeness (QED) is 0.781. The van der Waals surface area contributed by atoms with Gasteiger partial charge in [0.05, 0.1) is 10.9 Å². The fourth-order valence-corrected chi connectivity index (χ4v) is 4.92. The minimum absolute atomic E-state index is 0.00433. The van der Waals surface area contributed by atoms with Gasteiger partial charge in [0.2, 0.25) is 10.0 Å². The van der Waals surface area contributed by atoms with Crippen molar-refractivity contribution in [1.29, 1.82) is 0 Å². The lowest BCUT2D eigenvalue weighted by molar-refractivity contribution is 0.259. The number of aryl methyl sites for hydroxylation is 1. The Labute approximate surface area is 142 Å². The largest absolute Gasteiger partial charge is 0.243 e. The van der Waals surface area contributed by atoms with Gasteiger partial charge in [0, 0.05) is 11.9 Å². The lowest BCUT2D eigenvalue weighted by Gasteiger charge is -2.37. The highest BCUT2D eigenvalue weighted by molar-refractivity contribution is 7.89. The molecule has 1 fully saturated rings. The molecule has 1 aliphatic rings. The van der Waals surface area contributed by atoms with Crippen molar-refractivity contribution in [3.05, 3.63) is 65.7 Å². The molecular formula is C18H20ClNO2S. The molecule has 122 valence electrons. The van der Waals surface area contributed by atoms with Gasteiger partial charge >= 0.3 is 0 Å². The van der Waals surface area contributed by atoms with E-state index in [1.165, 1.54) is 0 Å². The molecule has 2 aromatic carbocycles. The van der Waals surface area contributed by atoms with E-state index >= 15 is 0 Å². The molecule has 23 heavy (non-hydrogen) atoms. The number of rotatable bonds is 3. The Hall–Kier alpha value is -1.36. The minimum atomic E-state index is -3.52. The summed E-state index contributed by atoms with van der Waals surface area (Å²) in [5, 5.41) is 0.00433. The molecule has 3 rings (SSSR count). The molecule has 0 bridgehead atoms. The van der Waals surface area contributed by atoms with Crippen LogP contribution in [0.3, 0.4) is 0 Å². The summed E-state index contributed by atoms with van der Waals surface area (Å²) in [5.41, 5.74) is 2.04. The summed E-state index contributed by atoms with van der Waals surface area (Å²) in [4.78, 5) is 0.344. The van der Waals surface area contributed by atoms with Crippen LogP contribution in [0.5, 0.6) is 0 Å². The predicted octanol–water partition coefficient (Wildman–Crippen LogP) is 4.13. The lowest BCUT2D eigenvalue weighted by Crippen LogP contribution is -2.41. The summed E-state index contributed by atoms with van der Waals surface area (Å²) < 4.78 is 27.7. The molecule has 1 saturated heterocycles. The van der Waals surface area contributed by atoms with E-state index in [2.05, 4.69) is 0 Å². The Balaban J connectivity index is 1.99. The second kappa shape index (κ2) is 6.63. The van der Waals surface area contributed by atoms with Gasteiger partial charge < -0.3 is 0 Å². The Morgan fingerprint density at radius 1 is 1.04 bits per heavy atom. The minimum Gasteiger partial charge on any atom is -0.207 e. The highest BCUT2D eigenvalue weighted by atomic mass is 35.5. The van der Waals surface area contributed by atoms with Crippen molar-refractivity contribution in [2.75, 3.05) is 6.54 Å². The molecule has 0 aliphatic carbocycles. The Bertz CT molecular complexity index is 759. The third-order valence-electron chi connectivity index (χ3n) is 4.30. The molecule has 0 radical (unpaired) electrons. The average Bonchev–Trinajstić information content (AvgIpc) is 2.56. The number of hydrogen-bond acceptors (Lipinski definition) is 2. The van der Waals surface area contributed by atoms with Crippen LogP contribution in [-0.4, -0.2) is 24.6 Å². The first-order valence-corrected chi connectivity index (χ1v) is 9.63. The average molecular weight is 350 g/mol. The number of benzene rings is 2. The normalized spacial score (nSPS) is 22.9. The zero-order chi connectivity index (χ0) is 16.4. The van der Waals surface area contributed by atoms with Gasteiger partial charge in [-0.1, -0.05) is 48.0 Å². The zero-order valence-electron chi connectivity index (χ0n) is 13.0. The van der Waals surface area contributed by atoms with Gasteiger partial charge in [0.25, 0.3) is 0 Å². The van der Waals surface area contributed by atoms with Crippen LogP contribution in [0.2, 0.25) is 0 Å². The maximum absolute atomic E-state index is 13.1. The van der Waals surface area contributed by atoms with Crippen LogP contribution in [0.4, 0.5) is 0 Å². The zero-order valence-corrected chi connectivity index (χ0v) is 14.6. The molecule has 0 N–H and O–H groups in total. The number of sulfonamides is 1. The summed E-state index contributed by atoms with van der Waals surface area (Å²) >= 11 is 6.32. The maximum atomic E-state index is 13.1. The van der Waals surface area contributed by atoms with E-state index in [-0.39, 0.29) is 11.4 Å². The number of nitrogens with zero attached hydrogens (tertiary/aromatic N) is 1. The predicted molar refractivity (Wildman–Crippen MR) is 93.1 cm³/mol. The molecular weight excluding hydrogens is 330 g/mol. The van der Waals surface area contributed by atoms with Crippen LogP contribution in [0.25, 0.3) is 0 Å². The smallest absolute Gasteiger partial charge is 0.207 e. The first-order valence-electron chi connectivity index (χ1n) is 7.76. The van der Waals surface area contributed by atoms with E-state index in [9.17, 15) is 8.42 Å². The van der Waals surface area contributed by atoms with Crippen LogP contribution in [0, 0.1) is 6.92 Å². The van der Waals surface area contributed by atoms with E-state index in [1.807, 2.05) is 49.4 Å². The number of piperidine rings is 1. The molecule has 0 spiro atoms. The summed E-state index contributed by atoms with van der Waals surface area (Å²) in [6, 6.07) is 16.6. The first-order chi connectivity index (χ1) is 11.0. The van der Waals surface area contributed by atoms with Crippen molar-refractivity contribution in [2.45, 2.75) is 36.1 Å². The molecule has 0 saturated carbocycles. The molecule has 0 unspecified atom stereocenters. The molecule has 0 aromatic heterocycles. The van der Waals surface area contributed by atoms with Gasteiger partial charge in [-0.15, -0.1) is 11.6 Å². The molecule has 2 aromatic rings. The van der Waals surface area contributed by atoms with Gasteiger partial charge in [-0.05, 0) is 37.5 Å². The molecule has 3 nitrogen and oxygen atoms in total. The Morgan fingerprint density at radius 3 is 2.35 bits per heavy atom. The van der Waals surface area contributed by atoms with Crippen LogP contribution < -0.4 is 0 Å². The monoisotopic (exact) mass is 349 g/mol. The second-order valence-electron chi connectivity index (χ2n) is 5.98. The molecule has 5 heteroatoms. The van der Waals surface area contributed by atoms with Crippen molar-refractivity contribution >= 4 is 21.6 Å². The van der Waals surface area contributed by atoms with Crippen LogP contribution in [0.1, 0.15) is 30.0 Å². The topological polar surface area (TPSA) is 37.4 Å². The first kappa shape index (κ1) is 16.5. The summed E-state index contributed by atoms with van der Waals surface area (Å²) in [5.74, 6) is 0. The number of hydrogen-bond donors (Lipinski definition) is 0. The van der Waals surface area contributed by atoms with Crippen molar-refractivity contribution in [2.24, 2.45) is 0 Å². The molecule has 0 amide bonds. The highest BCUT2D eigenvalue weighted by Gasteiger charge is 2.37. The Morgan fingerprint density at radius 2 is 1.70 bits per heavy atom. The number of alkyl halides is 1. The third kappa shape index (κ3) is 3.44. The number of halogens is 1. The summed E-state index contributed by atoms with van der Waals surface area (Å²) in [7, 11) is -3.52. The fraction of sp³-hybridized carbons (Fsp3) is 0.333. The standard InChI is InChI=1S/C18H20ClNO2S/c1-14-7-9-17(10-8-14)23(21,22)20-12-11-16(19)13-18(20)15-5-3-2-4-6-15/h2-10,16,18H,11-13H2,1H3/t16-,18-/m0/s1. The van der Waals surface area contributed by atoms with Gasteiger partial charge in [0.1, 0.15) is 0 Å². The lowest BCUT2D eigenvalue weighted by atomic mass is 9.97.